The summed E-state index contributed by atoms with van der Waals surface area (Å²) in [6.45, 7) is 9.68. The molecule has 0 radical (unpaired) electrons. The smallest absolute Gasteiger partial charge is 0.260 e. The minimum atomic E-state index is -0.0230. The van der Waals surface area contributed by atoms with E-state index in [2.05, 4.69) is 23.7 Å². The highest BCUT2D eigenvalue weighted by molar-refractivity contribution is 5.95. The van der Waals surface area contributed by atoms with Gasteiger partial charge in [0, 0.05) is 62.5 Å². The Kier molecular flexibility index (Phi) is 6.58. The topological polar surface area (TPSA) is 78.9 Å². The van der Waals surface area contributed by atoms with Crippen molar-refractivity contribution in [2.24, 2.45) is 0 Å². The Balaban J connectivity index is 1.27. The normalized spacial score (nSPS) is 16.8. The van der Waals surface area contributed by atoms with Gasteiger partial charge in [-0.3, -0.25) is 9.59 Å². The van der Waals surface area contributed by atoms with E-state index in [-0.39, 0.29) is 24.3 Å². The van der Waals surface area contributed by atoms with Crippen molar-refractivity contribution in [3.05, 3.63) is 41.9 Å². The molecule has 0 bridgehead atoms. The minimum absolute atomic E-state index is 0.00606. The number of anilines is 2. The second-order valence-electron chi connectivity index (χ2n) is 8.68. The third-order valence-corrected chi connectivity index (χ3v) is 5.91. The fourth-order valence-electron chi connectivity index (χ4n) is 4.06. The van der Waals surface area contributed by atoms with E-state index in [1.165, 1.54) is 0 Å². The Morgan fingerprint density at radius 1 is 1.06 bits per heavy atom. The average Bonchev–Trinajstić information content (AvgIpc) is 3.23. The summed E-state index contributed by atoms with van der Waals surface area (Å²) >= 11 is 0. The molecule has 2 aliphatic heterocycles. The van der Waals surface area contributed by atoms with Gasteiger partial charge in [0.25, 0.3) is 5.91 Å². The molecule has 2 amide bonds. The molecule has 0 saturated carbocycles. The highest BCUT2D eigenvalue weighted by atomic mass is 16.5. The Bertz CT molecular complexity index is 968. The van der Waals surface area contributed by atoms with Gasteiger partial charge in [-0.15, -0.1) is 0 Å². The Morgan fingerprint density at radius 3 is 2.41 bits per heavy atom. The standard InChI is InChI=1S/C24H31N5O3/c1-17(2)24-25-18(3)15-21(26-24)27-11-13-28(14-12-27)23(31)16-32-20-8-6-19(7-9-20)29-10-4-5-22(29)30/h6-9,15,17H,4-5,10-14,16H2,1-3H3. The van der Waals surface area contributed by atoms with E-state index in [0.29, 0.717) is 25.3 Å². The Labute approximate surface area is 189 Å². The van der Waals surface area contributed by atoms with Gasteiger partial charge in [0.2, 0.25) is 5.91 Å². The Morgan fingerprint density at radius 2 is 1.78 bits per heavy atom. The highest BCUT2D eigenvalue weighted by Gasteiger charge is 2.24. The first-order valence-corrected chi connectivity index (χ1v) is 11.3. The van der Waals surface area contributed by atoms with Gasteiger partial charge < -0.3 is 19.4 Å². The number of piperazine rings is 1. The van der Waals surface area contributed by atoms with E-state index >= 15 is 0 Å². The molecule has 1 aromatic heterocycles. The first-order valence-electron chi connectivity index (χ1n) is 11.3. The number of ether oxygens (including phenoxy) is 1. The van der Waals surface area contributed by atoms with Gasteiger partial charge in [0.15, 0.2) is 6.61 Å². The van der Waals surface area contributed by atoms with Crippen molar-refractivity contribution in [3.8, 4) is 5.75 Å². The molecule has 0 N–H and O–H groups in total. The van der Waals surface area contributed by atoms with Crippen LogP contribution in [0.5, 0.6) is 5.75 Å². The minimum Gasteiger partial charge on any atom is -0.484 e. The van der Waals surface area contributed by atoms with Crippen LogP contribution in [0.2, 0.25) is 0 Å². The first kappa shape index (κ1) is 22.0. The van der Waals surface area contributed by atoms with Gasteiger partial charge in [-0.25, -0.2) is 9.97 Å². The van der Waals surface area contributed by atoms with Crippen molar-refractivity contribution in [3.63, 3.8) is 0 Å². The zero-order valence-corrected chi connectivity index (χ0v) is 19.1. The molecule has 1 aromatic carbocycles. The molecule has 32 heavy (non-hydrogen) atoms. The molecule has 4 rings (SSSR count). The molecule has 2 aromatic rings. The fourth-order valence-corrected chi connectivity index (χ4v) is 4.06. The number of rotatable bonds is 6. The molecule has 8 heteroatoms. The molecule has 2 aliphatic rings. The average molecular weight is 438 g/mol. The number of hydrogen-bond donors (Lipinski definition) is 0. The fraction of sp³-hybridized carbons (Fsp3) is 0.500. The third kappa shape index (κ3) is 5.00. The molecule has 170 valence electrons. The van der Waals surface area contributed by atoms with Crippen LogP contribution in [0.25, 0.3) is 0 Å². The summed E-state index contributed by atoms with van der Waals surface area (Å²) in [4.78, 5) is 39.6. The molecular formula is C24H31N5O3. The number of aromatic nitrogens is 2. The summed E-state index contributed by atoms with van der Waals surface area (Å²) in [6.07, 6.45) is 1.50. The van der Waals surface area contributed by atoms with Crippen LogP contribution >= 0.6 is 0 Å². The molecule has 0 atom stereocenters. The molecule has 3 heterocycles. The van der Waals surface area contributed by atoms with Gasteiger partial charge >= 0.3 is 0 Å². The number of hydrogen-bond acceptors (Lipinski definition) is 6. The molecule has 0 spiro atoms. The van der Waals surface area contributed by atoms with E-state index in [1.807, 2.05) is 42.2 Å². The molecule has 2 fully saturated rings. The summed E-state index contributed by atoms with van der Waals surface area (Å²) in [7, 11) is 0. The largest absolute Gasteiger partial charge is 0.484 e. The van der Waals surface area contributed by atoms with Crippen LogP contribution in [0.15, 0.2) is 30.3 Å². The number of amides is 2. The third-order valence-electron chi connectivity index (χ3n) is 5.91. The van der Waals surface area contributed by atoms with Crippen LogP contribution in [0.3, 0.4) is 0 Å². The summed E-state index contributed by atoms with van der Waals surface area (Å²) in [5.74, 6) is 2.83. The lowest BCUT2D eigenvalue weighted by molar-refractivity contribution is -0.133. The summed E-state index contributed by atoms with van der Waals surface area (Å²) in [5.41, 5.74) is 1.84. The Hall–Kier alpha value is -3.16. The number of carbonyl (C=O) groups excluding carboxylic acids is 2. The van der Waals surface area contributed by atoms with Crippen molar-refractivity contribution < 1.29 is 14.3 Å². The lowest BCUT2D eigenvalue weighted by Gasteiger charge is -2.35. The lowest BCUT2D eigenvalue weighted by Crippen LogP contribution is -2.50. The molecular weight excluding hydrogens is 406 g/mol. The van der Waals surface area contributed by atoms with Gasteiger partial charge in [-0.2, -0.15) is 0 Å². The quantitative estimate of drug-likeness (QED) is 0.692. The van der Waals surface area contributed by atoms with Crippen LogP contribution < -0.4 is 14.5 Å². The summed E-state index contributed by atoms with van der Waals surface area (Å²) in [5, 5.41) is 0. The van der Waals surface area contributed by atoms with Crippen LogP contribution in [-0.2, 0) is 9.59 Å². The van der Waals surface area contributed by atoms with Crippen LogP contribution in [0.4, 0.5) is 11.5 Å². The zero-order chi connectivity index (χ0) is 22.7. The SMILES string of the molecule is Cc1cc(N2CCN(C(=O)COc3ccc(N4CCCC4=O)cc3)CC2)nc(C(C)C)n1. The van der Waals surface area contributed by atoms with Gasteiger partial charge in [0.05, 0.1) is 0 Å². The van der Waals surface area contributed by atoms with E-state index in [1.54, 1.807) is 4.90 Å². The van der Waals surface area contributed by atoms with E-state index in [0.717, 1.165) is 49.1 Å². The van der Waals surface area contributed by atoms with Crippen molar-refractivity contribution in [1.29, 1.82) is 0 Å². The van der Waals surface area contributed by atoms with Gasteiger partial charge in [0.1, 0.15) is 17.4 Å². The summed E-state index contributed by atoms with van der Waals surface area (Å²) < 4.78 is 5.71. The van der Waals surface area contributed by atoms with Crippen molar-refractivity contribution >= 4 is 23.3 Å². The second kappa shape index (κ2) is 9.54. The summed E-state index contributed by atoms with van der Waals surface area (Å²) in [6, 6.07) is 9.38. The molecule has 2 saturated heterocycles. The van der Waals surface area contributed by atoms with Crippen molar-refractivity contribution in [2.75, 3.05) is 49.1 Å². The van der Waals surface area contributed by atoms with E-state index < -0.39 is 0 Å². The van der Waals surface area contributed by atoms with Crippen LogP contribution in [0.1, 0.15) is 44.1 Å². The number of benzene rings is 1. The zero-order valence-electron chi connectivity index (χ0n) is 19.1. The molecule has 0 unspecified atom stereocenters. The van der Waals surface area contributed by atoms with Crippen molar-refractivity contribution in [2.45, 2.75) is 39.5 Å². The van der Waals surface area contributed by atoms with Crippen LogP contribution in [0, 0.1) is 6.92 Å². The maximum Gasteiger partial charge on any atom is 0.260 e. The molecule has 0 aliphatic carbocycles. The van der Waals surface area contributed by atoms with E-state index in [4.69, 9.17) is 9.72 Å². The number of nitrogens with zero attached hydrogens (tertiary/aromatic N) is 5. The highest BCUT2D eigenvalue weighted by Crippen LogP contribution is 2.24. The van der Waals surface area contributed by atoms with Gasteiger partial charge in [-0.1, -0.05) is 13.8 Å². The monoisotopic (exact) mass is 437 g/mol. The molecule has 8 nitrogen and oxygen atoms in total. The first-order chi connectivity index (χ1) is 15.4. The maximum atomic E-state index is 12.6. The van der Waals surface area contributed by atoms with Gasteiger partial charge in [-0.05, 0) is 37.6 Å². The predicted molar refractivity (Wildman–Crippen MR) is 123 cm³/mol. The van der Waals surface area contributed by atoms with Crippen LogP contribution in [-0.4, -0.2) is 66.0 Å². The number of aryl methyl sites for hydroxylation is 1. The number of carbonyl (C=O) groups is 2. The predicted octanol–water partition coefficient (Wildman–Crippen LogP) is 2.76. The second-order valence-corrected chi connectivity index (χ2v) is 8.68. The maximum absolute atomic E-state index is 12.6. The van der Waals surface area contributed by atoms with Crippen molar-refractivity contribution in [1.82, 2.24) is 14.9 Å². The lowest BCUT2D eigenvalue weighted by atomic mass is 10.2. The van der Waals surface area contributed by atoms with E-state index in [9.17, 15) is 9.59 Å².